The van der Waals surface area contributed by atoms with E-state index in [9.17, 15) is 13.2 Å². The number of sulfonamides is 1. The molecule has 1 fully saturated rings. The molecule has 0 aliphatic carbocycles. The Morgan fingerprint density at radius 1 is 1.44 bits per heavy atom. The van der Waals surface area contributed by atoms with Crippen LogP contribution in [-0.2, 0) is 14.8 Å². The lowest BCUT2D eigenvalue weighted by molar-refractivity contribution is -0.117. The molecular weight excluding hydrogens is 367 g/mol. The van der Waals surface area contributed by atoms with E-state index < -0.39 is 15.3 Å². The van der Waals surface area contributed by atoms with Crippen molar-refractivity contribution in [3.05, 3.63) is 27.3 Å². The first-order valence-corrected chi connectivity index (χ1v) is 8.06. The lowest BCUT2D eigenvalue weighted by Gasteiger charge is -2.19. The van der Waals surface area contributed by atoms with Crippen molar-refractivity contribution >= 4 is 44.2 Å². The monoisotopic (exact) mass is 380 g/mol. The van der Waals surface area contributed by atoms with Crippen LogP contribution in [0.4, 0.5) is 5.69 Å². The van der Waals surface area contributed by atoms with Crippen LogP contribution in [0.3, 0.4) is 0 Å². The van der Waals surface area contributed by atoms with Gasteiger partial charge in [-0.15, -0.1) is 0 Å². The molecule has 1 aromatic rings. The van der Waals surface area contributed by atoms with Crippen LogP contribution in [0.5, 0.6) is 0 Å². The summed E-state index contributed by atoms with van der Waals surface area (Å²) < 4.78 is 23.6. The van der Waals surface area contributed by atoms with Crippen LogP contribution < -0.4 is 10.0 Å². The second kappa shape index (κ2) is 4.78. The van der Waals surface area contributed by atoms with E-state index in [0.29, 0.717) is 0 Å². The highest BCUT2D eigenvalue weighted by atomic mass is 127. The van der Waals surface area contributed by atoms with Crippen molar-refractivity contribution in [2.75, 3.05) is 11.4 Å². The zero-order valence-electron chi connectivity index (χ0n) is 9.76. The molecule has 2 rings (SSSR count). The summed E-state index contributed by atoms with van der Waals surface area (Å²) in [4.78, 5) is 13.4. The van der Waals surface area contributed by atoms with Gasteiger partial charge in [-0.3, -0.25) is 4.79 Å². The van der Waals surface area contributed by atoms with Gasteiger partial charge < -0.3 is 4.90 Å². The smallest absolute Gasteiger partial charge is 0.228 e. The van der Waals surface area contributed by atoms with Crippen LogP contribution in [-0.4, -0.2) is 26.1 Å². The maximum absolute atomic E-state index is 11.9. The SMILES string of the molecule is Cc1ccc(I)cc1N1CC(S(N)(=O)=O)CC1=O. The highest BCUT2D eigenvalue weighted by molar-refractivity contribution is 14.1. The summed E-state index contributed by atoms with van der Waals surface area (Å²) in [6, 6.07) is 5.73. The molecule has 1 aliphatic rings. The van der Waals surface area contributed by atoms with E-state index in [4.69, 9.17) is 5.14 Å². The normalized spacial score (nSPS) is 20.5. The van der Waals surface area contributed by atoms with Crippen LogP contribution >= 0.6 is 22.6 Å². The Bertz CT molecular complexity index is 600. The lowest BCUT2D eigenvalue weighted by atomic mass is 10.2. The van der Waals surface area contributed by atoms with E-state index in [1.54, 1.807) is 0 Å². The minimum Gasteiger partial charge on any atom is -0.311 e. The quantitative estimate of drug-likeness (QED) is 0.778. The van der Waals surface area contributed by atoms with Gasteiger partial charge in [0.1, 0.15) is 5.25 Å². The van der Waals surface area contributed by atoms with Crippen molar-refractivity contribution in [3.63, 3.8) is 0 Å². The maximum Gasteiger partial charge on any atom is 0.228 e. The molecule has 1 amide bonds. The number of nitrogens with zero attached hydrogens (tertiary/aromatic N) is 1. The number of carbonyl (C=O) groups excluding carboxylic acids is 1. The Hall–Kier alpha value is -0.670. The Morgan fingerprint density at radius 3 is 2.67 bits per heavy atom. The standard InChI is InChI=1S/C11H13IN2O3S/c1-7-2-3-8(12)4-10(7)14-6-9(5-11(14)15)18(13,16)17/h2-4,9H,5-6H2,1H3,(H2,13,16,17). The number of anilines is 1. The predicted molar refractivity (Wildman–Crippen MR) is 77.8 cm³/mol. The molecule has 1 aromatic carbocycles. The number of hydrogen-bond acceptors (Lipinski definition) is 3. The molecular formula is C11H13IN2O3S. The molecule has 98 valence electrons. The van der Waals surface area contributed by atoms with Gasteiger partial charge in [0.25, 0.3) is 0 Å². The number of halogens is 1. The van der Waals surface area contributed by atoms with Crippen LogP contribution in [0.1, 0.15) is 12.0 Å². The van der Waals surface area contributed by atoms with E-state index in [1.165, 1.54) is 4.90 Å². The second-order valence-electron chi connectivity index (χ2n) is 4.35. The molecule has 0 spiro atoms. The summed E-state index contributed by atoms with van der Waals surface area (Å²) in [7, 11) is -3.66. The maximum atomic E-state index is 11.9. The van der Waals surface area contributed by atoms with Gasteiger partial charge >= 0.3 is 0 Å². The third-order valence-electron chi connectivity index (χ3n) is 3.02. The van der Waals surface area contributed by atoms with E-state index in [-0.39, 0.29) is 18.9 Å². The number of primary sulfonamides is 1. The fourth-order valence-corrected chi connectivity index (χ4v) is 3.21. The molecule has 7 heteroatoms. The first-order valence-electron chi connectivity index (χ1n) is 5.37. The average molecular weight is 380 g/mol. The number of amides is 1. The molecule has 1 heterocycles. The molecule has 0 aromatic heterocycles. The van der Waals surface area contributed by atoms with Crippen LogP contribution in [0.15, 0.2) is 18.2 Å². The summed E-state index contributed by atoms with van der Waals surface area (Å²) in [5.74, 6) is -0.195. The van der Waals surface area contributed by atoms with Crippen molar-refractivity contribution < 1.29 is 13.2 Å². The van der Waals surface area contributed by atoms with E-state index in [0.717, 1.165) is 14.8 Å². The van der Waals surface area contributed by atoms with Crippen LogP contribution in [0.25, 0.3) is 0 Å². The van der Waals surface area contributed by atoms with Crippen molar-refractivity contribution in [2.24, 2.45) is 5.14 Å². The van der Waals surface area contributed by atoms with Crippen molar-refractivity contribution in [2.45, 2.75) is 18.6 Å². The molecule has 1 aliphatic heterocycles. The van der Waals surface area contributed by atoms with Gasteiger partial charge in [0.2, 0.25) is 15.9 Å². The first-order chi connectivity index (χ1) is 8.29. The van der Waals surface area contributed by atoms with E-state index in [1.807, 2.05) is 25.1 Å². The summed E-state index contributed by atoms with van der Waals surface area (Å²) in [6.07, 6.45) is -0.0379. The Labute approximate surface area is 120 Å². The fourth-order valence-electron chi connectivity index (χ4n) is 2.00. The number of hydrogen-bond donors (Lipinski definition) is 1. The fraction of sp³-hybridized carbons (Fsp3) is 0.364. The Morgan fingerprint density at radius 2 is 2.11 bits per heavy atom. The van der Waals surface area contributed by atoms with Gasteiger partial charge in [-0.1, -0.05) is 6.07 Å². The van der Waals surface area contributed by atoms with Crippen molar-refractivity contribution in [3.8, 4) is 0 Å². The van der Waals surface area contributed by atoms with Crippen LogP contribution in [0.2, 0.25) is 0 Å². The summed E-state index contributed by atoms with van der Waals surface area (Å²) in [5, 5.41) is 4.30. The molecule has 0 radical (unpaired) electrons. The minimum absolute atomic E-state index is 0.0379. The molecule has 0 bridgehead atoms. The van der Waals surface area contributed by atoms with Gasteiger partial charge in [-0.2, -0.15) is 0 Å². The topological polar surface area (TPSA) is 80.5 Å². The summed E-state index contributed by atoms with van der Waals surface area (Å²) >= 11 is 2.16. The van der Waals surface area contributed by atoms with Crippen molar-refractivity contribution in [1.29, 1.82) is 0 Å². The van der Waals surface area contributed by atoms with Crippen molar-refractivity contribution in [1.82, 2.24) is 0 Å². The van der Waals surface area contributed by atoms with E-state index in [2.05, 4.69) is 22.6 Å². The minimum atomic E-state index is -3.66. The number of aryl methyl sites for hydroxylation is 1. The summed E-state index contributed by atoms with van der Waals surface area (Å²) in [6.45, 7) is 2.03. The zero-order chi connectivity index (χ0) is 13.5. The molecule has 2 N–H and O–H groups in total. The highest BCUT2D eigenvalue weighted by Crippen LogP contribution is 2.28. The summed E-state index contributed by atoms with van der Waals surface area (Å²) in [5.41, 5.74) is 1.71. The van der Waals surface area contributed by atoms with Gasteiger partial charge in [-0.05, 0) is 47.2 Å². The number of carbonyl (C=O) groups is 1. The lowest BCUT2D eigenvalue weighted by Crippen LogP contribution is -2.32. The third kappa shape index (κ3) is 2.67. The Balaban J connectivity index is 2.35. The van der Waals surface area contributed by atoms with Gasteiger partial charge in [-0.25, -0.2) is 13.6 Å². The molecule has 5 nitrogen and oxygen atoms in total. The molecule has 0 saturated carbocycles. The largest absolute Gasteiger partial charge is 0.311 e. The predicted octanol–water partition coefficient (Wildman–Crippen LogP) is 0.993. The number of benzene rings is 1. The molecule has 1 saturated heterocycles. The molecule has 18 heavy (non-hydrogen) atoms. The molecule has 1 unspecified atom stereocenters. The van der Waals surface area contributed by atoms with E-state index >= 15 is 0 Å². The van der Waals surface area contributed by atoms with Gasteiger partial charge in [0.15, 0.2) is 0 Å². The molecule has 1 atom stereocenters. The second-order valence-corrected chi connectivity index (χ2v) is 7.44. The average Bonchev–Trinajstić information content (AvgIpc) is 2.64. The number of nitrogens with two attached hydrogens (primary N) is 1. The number of rotatable bonds is 2. The third-order valence-corrected chi connectivity index (χ3v) is 4.93. The first kappa shape index (κ1) is 13.8. The highest BCUT2D eigenvalue weighted by Gasteiger charge is 2.37. The van der Waals surface area contributed by atoms with Gasteiger partial charge in [0, 0.05) is 22.2 Å². The zero-order valence-corrected chi connectivity index (χ0v) is 12.7. The van der Waals surface area contributed by atoms with Crippen LogP contribution in [0, 0.1) is 10.5 Å². The van der Waals surface area contributed by atoms with Gasteiger partial charge in [0.05, 0.1) is 0 Å². The Kier molecular flexibility index (Phi) is 3.65.